The zero-order valence-corrected chi connectivity index (χ0v) is 22.1. The normalized spacial score (nSPS) is 13.9. The maximum atomic E-state index is 13.4. The number of carbonyl (C=O) groups excluding carboxylic acids is 4. The van der Waals surface area contributed by atoms with E-state index in [9.17, 15) is 24.0 Å². The van der Waals surface area contributed by atoms with Crippen LogP contribution in [0.1, 0.15) is 30.9 Å². The Morgan fingerprint density at radius 2 is 1.48 bits per heavy atom. The lowest BCUT2D eigenvalue weighted by molar-refractivity contribution is -0.142. The molecule has 12 nitrogen and oxygen atoms in total. The minimum atomic E-state index is -1.27. The molecule has 0 saturated carbocycles. The van der Waals surface area contributed by atoms with Crippen molar-refractivity contribution < 1.29 is 29.1 Å². The molecule has 3 aromatic rings. The van der Waals surface area contributed by atoms with Gasteiger partial charge in [0.1, 0.15) is 18.1 Å². The summed E-state index contributed by atoms with van der Waals surface area (Å²) >= 11 is 0. The van der Waals surface area contributed by atoms with E-state index in [2.05, 4.69) is 20.9 Å². The maximum Gasteiger partial charge on any atom is 0.325 e. The molecule has 0 spiro atoms. The molecule has 212 valence electrons. The van der Waals surface area contributed by atoms with Crippen LogP contribution < -0.4 is 27.4 Å². The number of aliphatic carboxylic acids is 1. The minimum absolute atomic E-state index is 0.0912. The number of benzene rings is 2. The zero-order valence-electron chi connectivity index (χ0n) is 22.1. The van der Waals surface area contributed by atoms with E-state index in [1.807, 2.05) is 30.3 Å². The Balaban J connectivity index is 1.76. The average molecular weight is 551 g/mol. The van der Waals surface area contributed by atoms with Gasteiger partial charge in [0.25, 0.3) is 0 Å². The van der Waals surface area contributed by atoms with Gasteiger partial charge in [0.15, 0.2) is 0 Å². The third-order valence-electron chi connectivity index (χ3n) is 6.41. The Morgan fingerprint density at radius 1 is 0.850 bits per heavy atom. The summed E-state index contributed by atoms with van der Waals surface area (Å²) in [5.41, 5.74) is 13.9. The van der Waals surface area contributed by atoms with Crippen molar-refractivity contribution in [1.29, 1.82) is 0 Å². The predicted molar refractivity (Wildman–Crippen MR) is 148 cm³/mol. The molecule has 4 unspecified atom stereocenters. The number of para-hydroxylation sites is 1. The third kappa shape index (κ3) is 8.40. The lowest BCUT2D eigenvalue weighted by Gasteiger charge is -2.25. The number of aromatic amines is 1. The fourth-order valence-electron chi connectivity index (χ4n) is 4.17. The summed E-state index contributed by atoms with van der Waals surface area (Å²) in [7, 11) is 0. The van der Waals surface area contributed by atoms with Crippen LogP contribution in [-0.2, 0) is 36.8 Å². The first-order valence-electron chi connectivity index (χ1n) is 12.8. The van der Waals surface area contributed by atoms with Gasteiger partial charge in [-0.25, -0.2) is 0 Å². The molecule has 0 bridgehead atoms. The average Bonchev–Trinajstić information content (AvgIpc) is 3.33. The second-order valence-electron chi connectivity index (χ2n) is 9.56. The molecule has 0 aliphatic carbocycles. The number of nitrogens with two attached hydrogens (primary N) is 2. The number of carbonyl (C=O) groups is 5. The molecule has 1 heterocycles. The Morgan fingerprint density at radius 3 is 2.15 bits per heavy atom. The maximum absolute atomic E-state index is 13.4. The molecule has 4 atom stereocenters. The Kier molecular flexibility index (Phi) is 10.4. The van der Waals surface area contributed by atoms with Crippen molar-refractivity contribution in [2.24, 2.45) is 11.5 Å². The molecule has 2 aromatic carbocycles. The van der Waals surface area contributed by atoms with Crippen molar-refractivity contribution >= 4 is 40.5 Å². The van der Waals surface area contributed by atoms with Crippen LogP contribution in [0.2, 0.25) is 0 Å². The van der Waals surface area contributed by atoms with Crippen molar-refractivity contribution in [3.05, 3.63) is 71.9 Å². The number of primary amides is 1. The van der Waals surface area contributed by atoms with E-state index < -0.39 is 53.8 Å². The molecular weight excluding hydrogens is 516 g/mol. The van der Waals surface area contributed by atoms with Gasteiger partial charge in [-0.1, -0.05) is 48.5 Å². The van der Waals surface area contributed by atoms with E-state index in [4.69, 9.17) is 16.6 Å². The molecule has 12 heteroatoms. The molecule has 1 aromatic heterocycles. The van der Waals surface area contributed by atoms with E-state index >= 15 is 0 Å². The van der Waals surface area contributed by atoms with Crippen LogP contribution in [0.25, 0.3) is 10.9 Å². The van der Waals surface area contributed by atoms with Gasteiger partial charge in [-0.05, 0) is 37.0 Å². The number of nitrogens with one attached hydrogen (secondary N) is 4. The summed E-state index contributed by atoms with van der Waals surface area (Å²) in [5, 5.41) is 17.6. The van der Waals surface area contributed by atoms with Crippen molar-refractivity contribution in [2.45, 2.75) is 56.8 Å². The fourth-order valence-corrected chi connectivity index (χ4v) is 4.17. The van der Waals surface area contributed by atoms with Gasteiger partial charge >= 0.3 is 5.97 Å². The topological polar surface area (TPSA) is 209 Å². The molecule has 0 fully saturated rings. The number of rotatable bonds is 14. The monoisotopic (exact) mass is 550 g/mol. The van der Waals surface area contributed by atoms with Crippen molar-refractivity contribution in [3.8, 4) is 0 Å². The van der Waals surface area contributed by atoms with Crippen LogP contribution in [0.5, 0.6) is 0 Å². The molecule has 3 rings (SSSR count). The Labute approximate surface area is 230 Å². The van der Waals surface area contributed by atoms with Crippen molar-refractivity contribution in [3.63, 3.8) is 0 Å². The van der Waals surface area contributed by atoms with Gasteiger partial charge in [-0.2, -0.15) is 0 Å². The molecule has 0 aliphatic heterocycles. The number of fused-ring (bicyclic) bond motifs is 1. The molecule has 0 radical (unpaired) electrons. The minimum Gasteiger partial charge on any atom is -0.480 e. The summed E-state index contributed by atoms with van der Waals surface area (Å²) in [6, 6.07) is 11.9. The number of amides is 4. The Bertz CT molecular complexity index is 1360. The number of H-pyrrole nitrogens is 1. The summed E-state index contributed by atoms with van der Waals surface area (Å²) < 4.78 is 0. The first-order valence-corrected chi connectivity index (χ1v) is 12.8. The highest BCUT2D eigenvalue weighted by Crippen LogP contribution is 2.19. The molecular formula is C28H34N6O6. The van der Waals surface area contributed by atoms with Crippen LogP contribution in [0.3, 0.4) is 0 Å². The zero-order chi connectivity index (χ0) is 29.2. The summed E-state index contributed by atoms with van der Waals surface area (Å²) in [6.45, 7) is 1.26. The lowest BCUT2D eigenvalue weighted by atomic mass is 10.0. The second-order valence-corrected chi connectivity index (χ2v) is 9.56. The van der Waals surface area contributed by atoms with E-state index in [1.54, 1.807) is 30.5 Å². The smallest absolute Gasteiger partial charge is 0.325 e. The van der Waals surface area contributed by atoms with Crippen LogP contribution in [-0.4, -0.2) is 63.9 Å². The van der Waals surface area contributed by atoms with Crippen LogP contribution in [0.15, 0.2) is 60.8 Å². The first kappa shape index (κ1) is 29.8. The lowest BCUT2D eigenvalue weighted by Crippen LogP contribution is -2.57. The summed E-state index contributed by atoms with van der Waals surface area (Å²) in [4.78, 5) is 65.0. The highest BCUT2D eigenvalue weighted by atomic mass is 16.4. The highest BCUT2D eigenvalue weighted by Gasteiger charge is 2.30. The van der Waals surface area contributed by atoms with Gasteiger partial charge in [0, 0.05) is 29.9 Å². The van der Waals surface area contributed by atoms with E-state index in [1.165, 1.54) is 6.92 Å². The van der Waals surface area contributed by atoms with E-state index in [0.717, 1.165) is 22.0 Å². The van der Waals surface area contributed by atoms with Crippen LogP contribution >= 0.6 is 0 Å². The number of carboxylic acid groups (broad SMARTS) is 1. The second kappa shape index (κ2) is 13.9. The first-order chi connectivity index (χ1) is 19.0. The molecule has 0 saturated heterocycles. The predicted octanol–water partition coefficient (Wildman–Crippen LogP) is 0.105. The fraction of sp³-hybridized carbons (Fsp3) is 0.321. The quantitative estimate of drug-likeness (QED) is 0.147. The van der Waals surface area contributed by atoms with Gasteiger partial charge in [-0.15, -0.1) is 0 Å². The highest BCUT2D eigenvalue weighted by molar-refractivity contribution is 5.94. The van der Waals surface area contributed by atoms with Gasteiger partial charge in [-0.3, -0.25) is 24.0 Å². The van der Waals surface area contributed by atoms with Crippen LogP contribution in [0.4, 0.5) is 0 Å². The van der Waals surface area contributed by atoms with Crippen molar-refractivity contribution in [1.82, 2.24) is 20.9 Å². The van der Waals surface area contributed by atoms with Crippen LogP contribution in [0, 0.1) is 0 Å². The van der Waals surface area contributed by atoms with Gasteiger partial charge in [0.05, 0.1) is 6.04 Å². The SMILES string of the molecule is CC(NC(=O)C(CCC(N)=O)NC(=O)C(Cc1ccccc1)NC(=O)C(N)Cc1c[nH]c2ccccc12)C(=O)O. The summed E-state index contributed by atoms with van der Waals surface area (Å²) in [5.74, 6) is -4.05. The molecule has 40 heavy (non-hydrogen) atoms. The summed E-state index contributed by atoms with van der Waals surface area (Å²) in [6.07, 6.45) is 1.70. The molecule has 9 N–H and O–H groups in total. The van der Waals surface area contributed by atoms with E-state index in [-0.39, 0.29) is 25.7 Å². The third-order valence-corrected chi connectivity index (χ3v) is 6.41. The van der Waals surface area contributed by atoms with Crippen molar-refractivity contribution in [2.75, 3.05) is 0 Å². The number of aromatic nitrogens is 1. The Hall–Kier alpha value is -4.71. The number of hydrogen-bond donors (Lipinski definition) is 7. The number of carboxylic acids is 1. The van der Waals surface area contributed by atoms with Gasteiger partial charge in [0.2, 0.25) is 23.6 Å². The largest absolute Gasteiger partial charge is 0.480 e. The number of hydrogen-bond acceptors (Lipinski definition) is 6. The molecule has 4 amide bonds. The van der Waals surface area contributed by atoms with E-state index in [0.29, 0.717) is 0 Å². The van der Waals surface area contributed by atoms with Gasteiger partial charge < -0.3 is 37.5 Å². The molecule has 0 aliphatic rings. The standard InChI is InChI=1S/C28H34N6O6/c1-16(28(39)40)32-26(37)22(11-12-24(30)35)33-27(38)23(13-17-7-3-2-4-8-17)34-25(36)20(29)14-18-15-31-21-10-6-5-9-19(18)21/h2-10,15-16,20,22-23,31H,11-14,29H2,1H3,(H2,30,35)(H,32,37)(H,33,38)(H,34,36)(H,39,40).